The quantitative estimate of drug-likeness (QED) is 0.365. The van der Waals surface area contributed by atoms with Gasteiger partial charge in [-0.3, -0.25) is 0 Å². The molecule has 0 spiro atoms. The van der Waals surface area contributed by atoms with Crippen molar-refractivity contribution < 1.29 is 19.0 Å². The maximum atomic E-state index is 12.0. The highest BCUT2D eigenvalue weighted by Gasteiger charge is 2.19. The van der Waals surface area contributed by atoms with E-state index in [1.807, 2.05) is 23.6 Å². The van der Waals surface area contributed by atoms with Gasteiger partial charge in [-0.1, -0.05) is 24.3 Å². The Bertz CT molecular complexity index is 888. The summed E-state index contributed by atoms with van der Waals surface area (Å²) in [5.74, 6) is 0.563. The van der Waals surface area contributed by atoms with Crippen LogP contribution in [0.15, 0.2) is 48.0 Å². The first-order chi connectivity index (χ1) is 12.2. The van der Waals surface area contributed by atoms with Gasteiger partial charge >= 0.3 is 5.97 Å². The summed E-state index contributed by atoms with van der Waals surface area (Å²) in [4.78, 5) is 17.4. The highest BCUT2D eigenvalue weighted by molar-refractivity contribution is 7.13. The van der Waals surface area contributed by atoms with Crippen LogP contribution in [0, 0.1) is 0 Å². The largest absolute Gasteiger partial charge is 0.503 e. The number of nitrogens with zero attached hydrogens (tertiary/aromatic N) is 2. The van der Waals surface area contributed by atoms with Gasteiger partial charge in [0.15, 0.2) is 5.82 Å². The smallest absolute Gasteiger partial charge is 0.341 e. The molecule has 0 aliphatic heterocycles. The van der Waals surface area contributed by atoms with Gasteiger partial charge in [0.25, 0.3) is 5.19 Å². The van der Waals surface area contributed by atoms with Crippen molar-refractivity contribution in [2.24, 2.45) is 0 Å². The van der Waals surface area contributed by atoms with Gasteiger partial charge in [0.2, 0.25) is 0 Å². The molecule has 0 N–H and O–H groups in total. The molecule has 0 bridgehead atoms. The summed E-state index contributed by atoms with van der Waals surface area (Å²) >= 11 is 2.70. The molecule has 0 unspecified atom stereocenters. The fourth-order valence-electron chi connectivity index (χ4n) is 2.08. The second-order valence-corrected chi connectivity index (χ2v) is 6.38. The lowest BCUT2D eigenvalue weighted by atomic mass is 10.1. The summed E-state index contributed by atoms with van der Waals surface area (Å²) in [6, 6.07) is 11.0. The summed E-state index contributed by atoms with van der Waals surface area (Å²) in [5.41, 5.74) is 0.799. The monoisotopic (exact) mass is 374 g/mol. The third kappa shape index (κ3) is 3.86. The number of benzene rings is 1. The first-order valence-corrected chi connectivity index (χ1v) is 8.84. The second kappa shape index (κ2) is 7.91. The standard InChI is InChI=1S/C17H14N2O4S2/c1-21-10-12(16(20)22-2)11-6-3-4-7-13(11)23-17-18-15(19-25-17)14-8-5-9-24-14/h3-10H,1-2H3/b12-10+. The van der Waals surface area contributed by atoms with E-state index < -0.39 is 5.97 Å². The van der Waals surface area contributed by atoms with E-state index in [0.717, 1.165) is 16.4 Å². The fourth-order valence-corrected chi connectivity index (χ4v) is 3.35. The van der Waals surface area contributed by atoms with Crippen molar-refractivity contribution in [2.75, 3.05) is 14.2 Å². The molecule has 2 heterocycles. The number of hydrogen-bond acceptors (Lipinski definition) is 8. The third-order valence-corrected chi connectivity index (χ3v) is 4.63. The van der Waals surface area contributed by atoms with Crippen LogP contribution >= 0.6 is 22.9 Å². The van der Waals surface area contributed by atoms with Crippen LogP contribution in [0.5, 0.6) is 10.9 Å². The summed E-state index contributed by atoms with van der Waals surface area (Å²) in [6.45, 7) is 0. The maximum absolute atomic E-state index is 12.0. The number of thiophene rings is 1. The summed E-state index contributed by atoms with van der Waals surface area (Å²) in [7, 11) is 2.78. The number of carbonyl (C=O) groups is 1. The Labute approximate surface area is 152 Å². The predicted molar refractivity (Wildman–Crippen MR) is 96.7 cm³/mol. The second-order valence-electron chi connectivity index (χ2n) is 4.72. The number of rotatable bonds is 6. The molecule has 0 amide bonds. The van der Waals surface area contributed by atoms with Crippen LogP contribution in [0.1, 0.15) is 5.56 Å². The SMILES string of the molecule is CO/C=C(/C(=O)OC)c1ccccc1Oc1nc(-c2cccs2)ns1. The van der Waals surface area contributed by atoms with Crippen molar-refractivity contribution in [3.05, 3.63) is 53.6 Å². The molecule has 0 radical (unpaired) electrons. The molecule has 0 aliphatic carbocycles. The number of ether oxygens (including phenoxy) is 3. The Morgan fingerprint density at radius 3 is 2.72 bits per heavy atom. The molecule has 0 fully saturated rings. The van der Waals surface area contributed by atoms with E-state index in [1.165, 1.54) is 20.5 Å². The molecule has 0 atom stereocenters. The topological polar surface area (TPSA) is 70.5 Å². The molecule has 1 aromatic carbocycles. The highest BCUT2D eigenvalue weighted by Crippen LogP contribution is 2.33. The van der Waals surface area contributed by atoms with E-state index in [2.05, 4.69) is 9.36 Å². The molecule has 0 saturated carbocycles. The van der Waals surface area contributed by atoms with E-state index in [4.69, 9.17) is 14.2 Å². The first-order valence-electron chi connectivity index (χ1n) is 7.19. The average Bonchev–Trinajstić information content (AvgIpc) is 3.31. The zero-order valence-electron chi connectivity index (χ0n) is 13.5. The molecule has 3 rings (SSSR count). The van der Waals surface area contributed by atoms with Crippen molar-refractivity contribution in [2.45, 2.75) is 0 Å². The summed E-state index contributed by atoms with van der Waals surface area (Å²) < 4.78 is 20.0. The van der Waals surface area contributed by atoms with E-state index in [1.54, 1.807) is 29.5 Å². The van der Waals surface area contributed by atoms with E-state index in [9.17, 15) is 4.79 Å². The molecule has 2 aromatic heterocycles. The zero-order valence-corrected chi connectivity index (χ0v) is 15.1. The minimum absolute atomic E-state index is 0.253. The van der Waals surface area contributed by atoms with Gasteiger partial charge < -0.3 is 14.2 Å². The van der Waals surface area contributed by atoms with Crippen LogP contribution in [0.2, 0.25) is 0 Å². The Kier molecular flexibility index (Phi) is 5.42. The molecule has 6 nitrogen and oxygen atoms in total. The Morgan fingerprint density at radius 2 is 2.00 bits per heavy atom. The number of para-hydroxylation sites is 1. The molecular formula is C17H14N2O4S2. The van der Waals surface area contributed by atoms with Crippen LogP contribution < -0.4 is 4.74 Å². The molecular weight excluding hydrogens is 360 g/mol. The van der Waals surface area contributed by atoms with Crippen molar-refractivity contribution in [3.63, 3.8) is 0 Å². The number of methoxy groups -OCH3 is 2. The first kappa shape index (κ1) is 17.1. The van der Waals surface area contributed by atoms with Gasteiger partial charge in [0, 0.05) is 17.1 Å². The Hall–Kier alpha value is -2.71. The zero-order chi connectivity index (χ0) is 17.6. The molecule has 25 heavy (non-hydrogen) atoms. The van der Waals surface area contributed by atoms with Gasteiger partial charge in [-0.25, -0.2) is 4.79 Å². The van der Waals surface area contributed by atoms with Gasteiger partial charge in [0.05, 0.1) is 25.4 Å². The van der Waals surface area contributed by atoms with Gasteiger partial charge in [-0.15, -0.1) is 11.3 Å². The lowest BCUT2D eigenvalue weighted by Crippen LogP contribution is -2.05. The van der Waals surface area contributed by atoms with Crippen molar-refractivity contribution >= 4 is 34.4 Å². The van der Waals surface area contributed by atoms with E-state index >= 15 is 0 Å². The highest BCUT2D eigenvalue weighted by atomic mass is 32.1. The minimum Gasteiger partial charge on any atom is -0.503 e. The summed E-state index contributed by atoms with van der Waals surface area (Å²) in [5, 5.41) is 2.35. The Morgan fingerprint density at radius 1 is 1.16 bits per heavy atom. The normalized spacial score (nSPS) is 11.2. The van der Waals surface area contributed by atoms with Crippen LogP contribution in [-0.4, -0.2) is 29.5 Å². The molecule has 0 saturated heterocycles. The molecule has 0 aliphatic rings. The van der Waals surface area contributed by atoms with E-state index in [0.29, 0.717) is 22.3 Å². The summed E-state index contributed by atoms with van der Waals surface area (Å²) in [6.07, 6.45) is 1.32. The predicted octanol–water partition coefficient (Wildman–Crippen LogP) is 4.22. The lowest BCUT2D eigenvalue weighted by molar-refractivity contribution is -0.133. The molecule has 3 aromatic rings. The lowest BCUT2D eigenvalue weighted by Gasteiger charge is -2.10. The van der Waals surface area contributed by atoms with Crippen LogP contribution in [0.25, 0.3) is 16.3 Å². The van der Waals surface area contributed by atoms with Crippen LogP contribution in [-0.2, 0) is 14.3 Å². The fraction of sp³-hybridized carbons (Fsp3) is 0.118. The van der Waals surface area contributed by atoms with Crippen molar-refractivity contribution in [1.82, 2.24) is 9.36 Å². The van der Waals surface area contributed by atoms with Crippen molar-refractivity contribution in [1.29, 1.82) is 0 Å². The van der Waals surface area contributed by atoms with E-state index in [-0.39, 0.29) is 5.57 Å². The number of carbonyl (C=O) groups excluding carboxylic acids is 1. The number of hydrogen-bond donors (Lipinski definition) is 0. The van der Waals surface area contributed by atoms with Gasteiger partial charge in [-0.05, 0) is 17.5 Å². The number of aromatic nitrogens is 2. The number of esters is 1. The van der Waals surface area contributed by atoms with Crippen molar-refractivity contribution in [3.8, 4) is 21.6 Å². The van der Waals surface area contributed by atoms with Crippen LogP contribution in [0.4, 0.5) is 0 Å². The average molecular weight is 374 g/mol. The third-order valence-electron chi connectivity index (χ3n) is 3.16. The minimum atomic E-state index is -0.519. The maximum Gasteiger partial charge on any atom is 0.341 e. The van der Waals surface area contributed by atoms with Gasteiger partial charge in [0.1, 0.15) is 11.3 Å². The van der Waals surface area contributed by atoms with Gasteiger partial charge in [-0.2, -0.15) is 9.36 Å². The molecule has 8 heteroatoms. The molecule has 128 valence electrons. The Balaban J connectivity index is 1.91. The van der Waals surface area contributed by atoms with Crippen LogP contribution in [0.3, 0.4) is 0 Å².